The second-order valence-corrected chi connectivity index (χ2v) is 3.31. The summed E-state index contributed by atoms with van der Waals surface area (Å²) >= 11 is 0. The average molecular weight is 138 g/mol. The van der Waals surface area contributed by atoms with Crippen LogP contribution in [0.1, 0.15) is 6.42 Å². The molecule has 0 aromatic carbocycles. The van der Waals surface area contributed by atoms with Crippen LogP contribution in [0.5, 0.6) is 0 Å². The van der Waals surface area contributed by atoms with Gasteiger partial charge in [0, 0.05) is 24.5 Å². The predicted octanol–water partition coefficient (Wildman–Crippen LogP) is 0.124. The third-order valence-electron chi connectivity index (χ3n) is 2.86. The minimum atomic E-state index is 0.405. The van der Waals surface area contributed by atoms with Gasteiger partial charge in [0.25, 0.3) is 0 Å². The maximum atomic E-state index is 3.83. The Morgan fingerprint density at radius 1 is 1.60 bits per heavy atom. The van der Waals surface area contributed by atoms with Gasteiger partial charge < -0.3 is 10.6 Å². The third-order valence-corrected chi connectivity index (χ3v) is 2.86. The lowest BCUT2D eigenvalue weighted by Gasteiger charge is -2.46. The molecule has 2 aliphatic heterocycles. The van der Waals surface area contributed by atoms with Gasteiger partial charge in [-0.05, 0) is 13.0 Å². The molecule has 2 fully saturated rings. The fourth-order valence-electron chi connectivity index (χ4n) is 2.00. The predicted molar refractivity (Wildman–Crippen MR) is 41.9 cm³/mol. The Bertz CT molecular complexity index is 147. The molecule has 2 heterocycles. The van der Waals surface area contributed by atoms with Crippen molar-refractivity contribution in [3.63, 3.8) is 0 Å². The lowest BCUT2D eigenvalue weighted by Crippen LogP contribution is -2.65. The summed E-state index contributed by atoms with van der Waals surface area (Å²) in [6.07, 6.45) is 3.35. The molecule has 2 N–H and O–H groups in total. The molecule has 0 radical (unpaired) electrons. The van der Waals surface area contributed by atoms with Crippen molar-refractivity contribution in [1.29, 1.82) is 0 Å². The van der Waals surface area contributed by atoms with Crippen LogP contribution in [0.25, 0.3) is 0 Å². The van der Waals surface area contributed by atoms with E-state index in [1.165, 1.54) is 6.42 Å². The normalized spacial score (nSPS) is 45.4. The summed E-state index contributed by atoms with van der Waals surface area (Å²) in [4.78, 5) is 0. The van der Waals surface area contributed by atoms with E-state index in [1.807, 2.05) is 0 Å². The maximum absolute atomic E-state index is 3.83. The minimum Gasteiger partial charge on any atom is -0.315 e. The first-order chi connectivity index (χ1) is 4.87. The van der Waals surface area contributed by atoms with Crippen LogP contribution in [0.2, 0.25) is 0 Å². The summed E-state index contributed by atoms with van der Waals surface area (Å²) in [7, 11) is 0. The number of hydrogen-bond donors (Lipinski definition) is 2. The number of hydrogen-bond acceptors (Lipinski definition) is 2. The molecule has 2 nitrogen and oxygen atoms in total. The fraction of sp³-hybridized carbons (Fsp3) is 0.750. The monoisotopic (exact) mass is 138 g/mol. The van der Waals surface area contributed by atoms with Crippen molar-refractivity contribution in [2.75, 3.05) is 19.6 Å². The molecule has 2 aliphatic rings. The summed E-state index contributed by atoms with van der Waals surface area (Å²) in [6.45, 7) is 7.26. The minimum absolute atomic E-state index is 0.405. The summed E-state index contributed by atoms with van der Waals surface area (Å²) in [5, 5.41) is 6.86. The van der Waals surface area contributed by atoms with Crippen LogP contribution in [0.3, 0.4) is 0 Å². The molecule has 0 bridgehead atoms. The molecule has 0 unspecified atom stereocenters. The van der Waals surface area contributed by atoms with Crippen molar-refractivity contribution in [2.24, 2.45) is 5.92 Å². The summed E-state index contributed by atoms with van der Waals surface area (Å²) in [5.41, 5.74) is 0.405. The van der Waals surface area contributed by atoms with Crippen molar-refractivity contribution in [3.8, 4) is 0 Å². The topological polar surface area (TPSA) is 24.1 Å². The molecule has 2 atom stereocenters. The van der Waals surface area contributed by atoms with E-state index in [2.05, 4.69) is 23.3 Å². The molecular weight excluding hydrogens is 124 g/mol. The highest BCUT2D eigenvalue weighted by atomic mass is 15.1. The van der Waals surface area contributed by atoms with Crippen molar-refractivity contribution in [3.05, 3.63) is 12.7 Å². The third kappa shape index (κ3) is 0.662. The van der Waals surface area contributed by atoms with Crippen LogP contribution < -0.4 is 10.6 Å². The van der Waals surface area contributed by atoms with Crippen molar-refractivity contribution in [2.45, 2.75) is 12.0 Å². The lowest BCUT2D eigenvalue weighted by molar-refractivity contribution is 0.161. The first-order valence-corrected chi connectivity index (χ1v) is 3.96. The van der Waals surface area contributed by atoms with E-state index >= 15 is 0 Å². The van der Waals surface area contributed by atoms with Gasteiger partial charge in [-0.3, -0.25) is 0 Å². The van der Waals surface area contributed by atoms with Crippen LogP contribution in [0.4, 0.5) is 0 Å². The second-order valence-electron chi connectivity index (χ2n) is 3.31. The smallest absolute Gasteiger partial charge is 0.0393 e. The Morgan fingerprint density at radius 3 is 2.90 bits per heavy atom. The zero-order chi connectivity index (χ0) is 7.03. The van der Waals surface area contributed by atoms with Gasteiger partial charge in [0.05, 0.1) is 0 Å². The van der Waals surface area contributed by atoms with Gasteiger partial charge in [-0.25, -0.2) is 0 Å². The van der Waals surface area contributed by atoms with Gasteiger partial charge in [0.2, 0.25) is 0 Å². The zero-order valence-electron chi connectivity index (χ0n) is 6.19. The highest BCUT2D eigenvalue weighted by molar-refractivity contribution is 5.13. The maximum Gasteiger partial charge on any atom is 0.0393 e. The Balaban J connectivity index is 2.07. The molecule has 0 aliphatic carbocycles. The highest BCUT2D eigenvalue weighted by Crippen LogP contribution is 2.32. The number of rotatable bonds is 1. The van der Waals surface area contributed by atoms with E-state index in [1.54, 1.807) is 0 Å². The van der Waals surface area contributed by atoms with Crippen LogP contribution in [-0.2, 0) is 0 Å². The zero-order valence-corrected chi connectivity index (χ0v) is 6.19. The lowest BCUT2D eigenvalue weighted by atomic mass is 9.76. The van der Waals surface area contributed by atoms with E-state index in [0.717, 1.165) is 19.6 Å². The highest BCUT2D eigenvalue weighted by Gasteiger charge is 2.46. The summed E-state index contributed by atoms with van der Waals surface area (Å²) in [5.74, 6) is 0.711. The van der Waals surface area contributed by atoms with Crippen LogP contribution >= 0.6 is 0 Å². The summed E-state index contributed by atoms with van der Waals surface area (Å²) < 4.78 is 0. The molecule has 2 rings (SSSR count). The standard InChI is InChI=1S/C8H14N2/c1-2-7-5-10-8(7)3-4-9-6-8/h2,7,9-10H,1,3-6H2/t7-,8-/m0/s1. The van der Waals surface area contributed by atoms with Gasteiger partial charge in [0.15, 0.2) is 0 Å². The van der Waals surface area contributed by atoms with Crippen LogP contribution in [0, 0.1) is 5.92 Å². The molecule has 1 spiro atoms. The largest absolute Gasteiger partial charge is 0.315 e. The Hall–Kier alpha value is -0.340. The first kappa shape index (κ1) is 6.38. The fourth-order valence-corrected chi connectivity index (χ4v) is 2.00. The van der Waals surface area contributed by atoms with Gasteiger partial charge in [-0.1, -0.05) is 6.08 Å². The molecule has 56 valence electrons. The van der Waals surface area contributed by atoms with Crippen LogP contribution in [0.15, 0.2) is 12.7 Å². The molecule has 0 saturated carbocycles. The molecule has 2 heteroatoms. The molecule has 0 aromatic heterocycles. The van der Waals surface area contributed by atoms with Gasteiger partial charge in [-0.15, -0.1) is 6.58 Å². The van der Waals surface area contributed by atoms with E-state index < -0.39 is 0 Å². The van der Waals surface area contributed by atoms with E-state index in [-0.39, 0.29) is 0 Å². The Morgan fingerprint density at radius 2 is 2.50 bits per heavy atom. The molecule has 10 heavy (non-hydrogen) atoms. The Labute approximate surface area is 61.7 Å². The average Bonchev–Trinajstić information content (AvgIpc) is 2.35. The van der Waals surface area contributed by atoms with Crippen molar-refractivity contribution < 1.29 is 0 Å². The van der Waals surface area contributed by atoms with E-state index in [9.17, 15) is 0 Å². The first-order valence-electron chi connectivity index (χ1n) is 3.96. The molecule has 0 amide bonds. The number of nitrogens with one attached hydrogen (secondary N) is 2. The van der Waals surface area contributed by atoms with E-state index in [0.29, 0.717) is 11.5 Å². The van der Waals surface area contributed by atoms with Gasteiger partial charge in [-0.2, -0.15) is 0 Å². The van der Waals surface area contributed by atoms with E-state index in [4.69, 9.17) is 0 Å². The van der Waals surface area contributed by atoms with Crippen molar-refractivity contribution in [1.82, 2.24) is 10.6 Å². The van der Waals surface area contributed by atoms with Crippen molar-refractivity contribution >= 4 is 0 Å². The SMILES string of the molecule is C=C[C@H]1CN[C@]12CCNC2. The molecule has 2 saturated heterocycles. The molecule has 0 aromatic rings. The van der Waals surface area contributed by atoms with Gasteiger partial charge in [0.1, 0.15) is 0 Å². The molecular formula is C8H14N2. The quantitative estimate of drug-likeness (QED) is 0.503. The summed E-state index contributed by atoms with van der Waals surface area (Å²) in [6, 6.07) is 0. The van der Waals surface area contributed by atoms with Crippen LogP contribution in [-0.4, -0.2) is 25.2 Å². The van der Waals surface area contributed by atoms with Gasteiger partial charge >= 0.3 is 0 Å². The Kier molecular flexibility index (Phi) is 1.32. The second kappa shape index (κ2) is 2.07.